The first-order chi connectivity index (χ1) is 12.3. The van der Waals surface area contributed by atoms with E-state index in [-0.39, 0.29) is 17.5 Å². The van der Waals surface area contributed by atoms with Gasteiger partial charge in [-0.3, -0.25) is 4.79 Å². The highest BCUT2D eigenvalue weighted by Gasteiger charge is 2.34. The molecule has 4 rings (SSSR count). The van der Waals surface area contributed by atoms with E-state index >= 15 is 0 Å². The molecule has 0 bridgehead atoms. The first-order valence-electron chi connectivity index (χ1n) is 9.73. The highest BCUT2D eigenvalue weighted by atomic mass is 16.2. The number of amides is 1. The molecule has 2 aliphatic rings. The molecule has 2 N–H and O–H groups in total. The number of carbonyl (C=O) groups excluding carboxylic acids is 1. The summed E-state index contributed by atoms with van der Waals surface area (Å²) >= 11 is 0. The third-order valence-electron chi connectivity index (χ3n) is 5.60. The van der Waals surface area contributed by atoms with E-state index in [4.69, 9.17) is 15.8 Å². The SMILES string of the molecule is Cc1nn(C(C)(C)C)c2nc(C3CC3)cc(C(=O)N3CCCC3CN)c12. The van der Waals surface area contributed by atoms with E-state index in [0.717, 1.165) is 60.2 Å². The highest BCUT2D eigenvalue weighted by Crippen LogP contribution is 2.41. The Balaban J connectivity index is 1.90. The summed E-state index contributed by atoms with van der Waals surface area (Å²) in [5.74, 6) is 0.572. The first kappa shape index (κ1) is 17.5. The number of hydrogen-bond acceptors (Lipinski definition) is 4. The zero-order valence-electron chi connectivity index (χ0n) is 16.2. The number of aromatic nitrogens is 3. The Bertz CT molecular complexity index is 859. The van der Waals surface area contributed by atoms with Crippen LogP contribution in [0.25, 0.3) is 11.0 Å². The summed E-state index contributed by atoms with van der Waals surface area (Å²) in [6, 6.07) is 2.17. The maximum Gasteiger partial charge on any atom is 0.255 e. The summed E-state index contributed by atoms with van der Waals surface area (Å²) in [7, 11) is 0. The van der Waals surface area contributed by atoms with Gasteiger partial charge in [-0.2, -0.15) is 5.10 Å². The molecule has 1 saturated heterocycles. The van der Waals surface area contributed by atoms with Gasteiger partial charge in [0.25, 0.3) is 5.91 Å². The van der Waals surface area contributed by atoms with Crippen LogP contribution in [-0.4, -0.2) is 44.7 Å². The maximum atomic E-state index is 13.4. The molecule has 1 aliphatic heterocycles. The predicted molar refractivity (Wildman–Crippen MR) is 102 cm³/mol. The van der Waals surface area contributed by atoms with Crippen LogP contribution in [0.15, 0.2) is 6.07 Å². The van der Waals surface area contributed by atoms with Gasteiger partial charge in [0.2, 0.25) is 0 Å². The lowest BCUT2D eigenvalue weighted by molar-refractivity contribution is 0.0743. The number of nitrogens with two attached hydrogens (primary N) is 1. The Kier molecular flexibility index (Phi) is 4.06. The lowest BCUT2D eigenvalue weighted by atomic mass is 10.0. The van der Waals surface area contributed by atoms with E-state index in [0.29, 0.717) is 12.5 Å². The van der Waals surface area contributed by atoms with E-state index in [1.807, 2.05) is 22.6 Å². The number of fused-ring (bicyclic) bond motifs is 1. The quantitative estimate of drug-likeness (QED) is 0.918. The van der Waals surface area contributed by atoms with Crippen molar-refractivity contribution in [3.63, 3.8) is 0 Å². The van der Waals surface area contributed by atoms with E-state index in [2.05, 4.69) is 20.8 Å². The molecule has 2 aromatic rings. The zero-order chi connectivity index (χ0) is 18.6. The van der Waals surface area contributed by atoms with Crippen LogP contribution in [-0.2, 0) is 5.54 Å². The van der Waals surface area contributed by atoms with Gasteiger partial charge in [-0.1, -0.05) is 0 Å². The number of rotatable bonds is 3. The Morgan fingerprint density at radius 3 is 2.65 bits per heavy atom. The van der Waals surface area contributed by atoms with Crippen LogP contribution in [0.5, 0.6) is 0 Å². The highest BCUT2D eigenvalue weighted by molar-refractivity contribution is 6.06. The van der Waals surface area contributed by atoms with E-state index in [1.165, 1.54) is 0 Å². The van der Waals surface area contributed by atoms with Crippen molar-refractivity contribution >= 4 is 16.9 Å². The molecule has 2 aromatic heterocycles. The van der Waals surface area contributed by atoms with Crippen LogP contribution in [0.4, 0.5) is 0 Å². The van der Waals surface area contributed by atoms with Crippen molar-refractivity contribution in [2.45, 2.75) is 70.9 Å². The van der Waals surface area contributed by atoms with Gasteiger partial charge in [-0.25, -0.2) is 9.67 Å². The number of likely N-dealkylation sites (tertiary alicyclic amines) is 1. The molecule has 1 aliphatic carbocycles. The average molecular weight is 355 g/mol. The lowest BCUT2D eigenvalue weighted by Crippen LogP contribution is -2.40. The fourth-order valence-electron chi connectivity index (χ4n) is 4.04. The summed E-state index contributed by atoms with van der Waals surface area (Å²) in [5, 5.41) is 5.65. The second-order valence-corrected chi connectivity index (χ2v) is 8.77. The third kappa shape index (κ3) is 2.80. The van der Waals surface area contributed by atoms with Crippen LogP contribution >= 0.6 is 0 Å². The Morgan fingerprint density at radius 2 is 2.04 bits per heavy atom. The van der Waals surface area contributed by atoms with Gasteiger partial charge in [-0.05, 0) is 59.4 Å². The minimum atomic E-state index is -0.185. The van der Waals surface area contributed by atoms with Crippen molar-refractivity contribution in [1.29, 1.82) is 0 Å². The first-order valence-corrected chi connectivity index (χ1v) is 9.73. The molecule has 3 heterocycles. The van der Waals surface area contributed by atoms with Crippen LogP contribution in [0.1, 0.15) is 74.1 Å². The monoisotopic (exact) mass is 355 g/mol. The van der Waals surface area contributed by atoms with Gasteiger partial charge in [0.15, 0.2) is 5.65 Å². The summed E-state index contributed by atoms with van der Waals surface area (Å²) in [4.78, 5) is 20.3. The van der Waals surface area contributed by atoms with Gasteiger partial charge in [0, 0.05) is 30.7 Å². The molecule has 1 unspecified atom stereocenters. The minimum Gasteiger partial charge on any atom is -0.334 e. The van der Waals surface area contributed by atoms with Crippen molar-refractivity contribution in [2.75, 3.05) is 13.1 Å². The molecule has 0 aromatic carbocycles. The van der Waals surface area contributed by atoms with Gasteiger partial charge < -0.3 is 10.6 Å². The molecule has 0 radical (unpaired) electrons. The Hall–Kier alpha value is -1.95. The molecule has 1 atom stereocenters. The summed E-state index contributed by atoms with van der Waals surface area (Å²) in [6.45, 7) is 9.65. The fraction of sp³-hybridized carbons (Fsp3) is 0.650. The molecule has 1 saturated carbocycles. The number of hydrogen-bond donors (Lipinski definition) is 1. The minimum absolute atomic E-state index is 0.0869. The van der Waals surface area contributed by atoms with Crippen LogP contribution < -0.4 is 5.73 Å². The Labute approximate surface area is 154 Å². The second-order valence-electron chi connectivity index (χ2n) is 8.77. The standard InChI is InChI=1S/C20H29N5O/c1-12-17-15(19(26)24-9-5-6-14(24)11-21)10-16(13-7-8-13)22-18(17)25(23-12)20(2,3)4/h10,13-14H,5-9,11,21H2,1-4H3. The van der Waals surface area contributed by atoms with E-state index in [9.17, 15) is 4.79 Å². The third-order valence-corrected chi connectivity index (χ3v) is 5.60. The molecule has 0 spiro atoms. The van der Waals surface area contributed by atoms with Crippen molar-refractivity contribution in [2.24, 2.45) is 5.73 Å². The average Bonchev–Trinajstić information content (AvgIpc) is 3.23. The van der Waals surface area contributed by atoms with Crippen LogP contribution in [0.3, 0.4) is 0 Å². The summed E-state index contributed by atoms with van der Waals surface area (Å²) in [5.41, 5.74) is 9.23. The van der Waals surface area contributed by atoms with Gasteiger partial charge in [0.05, 0.1) is 22.2 Å². The normalized spacial score (nSPS) is 21.0. The number of aryl methyl sites for hydroxylation is 1. The van der Waals surface area contributed by atoms with Gasteiger partial charge in [0.1, 0.15) is 0 Å². The van der Waals surface area contributed by atoms with Crippen LogP contribution in [0.2, 0.25) is 0 Å². The van der Waals surface area contributed by atoms with E-state index < -0.39 is 0 Å². The van der Waals surface area contributed by atoms with Gasteiger partial charge in [-0.15, -0.1) is 0 Å². The zero-order valence-corrected chi connectivity index (χ0v) is 16.2. The van der Waals surface area contributed by atoms with Crippen molar-refractivity contribution in [3.8, 4) is 0 Å². The molecule has 26 heavy (non-hydrogen) atoms. The smallest absolute Gasteiger partial charge is 0.255 e. The molecular formula is C20H29N5O. The van der Waals surface area contributed by atoms with Crippen molar-refractivity contribution in [3.05, 3.63) is 23.0 Å². The summed E-state index contributed by atoms with van der Waals surface area (Å²) in [6.07, 6.45) is 4.33. The van der Waals surface area contributed by atoms with Crippen LogP contribution in [0, 0.1) is 6.92 Å². The Morgan fingerprint density at radius 1 is 1.31 bits per heavy atom. The lowest BCUT2D eigenvalue weighted by Gasteiger charge is -2.24. The maximum absolute atomic E-state index is 13.4. The number of carbonyl (C=O) groups is 1. The van der Waals surface area contributed by atoms with Gasteiger partial charge >= 0.3 is 0 Å². The summed E-state index contributed by atoms with van der Waals surface area (Å²) < 4.78 is 1.98. The van der Waals surface area contributed by atoms with E-state index in [1.54, 1.807) is 0 Å². The molecule has 1 amide bonds. The predicted octanol–water partition coefficient (Wildman–Crippen LogP) is 2.94. The largest absolute Gasteiger partial charge is 0.334 e. The molecular weight excluding hydrogens is 326 g/mol. The second kappa shape index (κ2) is 6.05. The number of nitrogens with zero attached hydrogens (tertiary/aromatic N) is 4. The van der Waals surface area contributed by atoms with Crippen molar-refractivity contribution in [1.82, 2.24) is 19.7 Å². The fourth-order valence-corrected chi connectivity index (χ4v) is 4.04. The molecule has 6 heteroatoms. The molecule has 140 valence electrons. The molecule has 6 nitrogen and oxygen atoms in total. The van der Waals surface area contributed by atoms with Crippen molar-refractivity contribution < 1.29 is 4.79 Å². The molecule has 2 fully saturated rings. The topological polar surface area (TPSA) is 77.0 Å². The number of pyridine rings is 1.